The predicted molar refractivity (Wildman–Crippen MR) is 91.5 cm³/mol. The van der Waals surface area contributed by atoms with Crippen LogP contribution in [0.15, 0.2) is 0 Å². The van der Waals surface area contributed by atoms with Crippen molar-refractivity contribution in [3.63, 3.8) is 0 Å². The van der Waals surface area contributed by atoms with Crippen LogP contribution in [0.25, 0.3) is 0 Å². The Labute approximate surface area is 152 Å². The first kappa shape index (κ1) is 33.5. The molecule has 0 saturated heterocycles. The Hall–Kier alpha value is 0.927. The summed E-state index contributed by atoms with van der Waals surface area (Å²) in [5.41, 5.74) is 0. The van der Waals surface area contributed by atoms with Crippen LogP contribution >= 0.6 is 0 Å². The van der Waals surface area contributed by atoms with Crippen molar-refractivity contribution in [2.75, 3.05) is 19.8 Å². The largest absolute Gasteiger partial charge is 0.433 e. The Morgan fingerprint density at radius 1 is 0.619 bits per heavy atom. The summed E-state index contributed by atoms with van der Waals surface area (Å²) >= 11 is 0. The molecule has 132 valence electrons. The van der Waals surface area contributed by atoms with Crippen LogP contribution in [0, 0.1) is 0 Å². The van der Waals surface area contributed by atoms with Gasteiger partial charge in [0.05, 0.1) is 0 Å². The van der Waals surface area contributed by atoms with E-state index < -0.39 is 8.32 Å². The van der Waals surface area contributed by atoms with Crippen LogP contribution in [0.4, 0.5) is 0 Å². The molecule has 0 aliphatic heterocycles. The average Bonchev–Trinajstić information content (AvgIpc) is 2.31. The number of hydrogen-bond acceptors (Lipinski definition) is 4. The van der Waals surface area contributed by atoms with E-state index in [0.717, 1.165) is 38.5 Å². The maximum atomic E-state index is 8.66. The molecule has 0 saturated carbocycles. The summed E-state index contributed by atoms with van der Waals surface area (Å²) in [5.74, 6) is 0. The van der Waals surface area contributed by atoms with Gasteiger partial charge in [-0.1, -0.05) is 40.0 Å². The number of hydrogen-bond donors (Lipinski definition) is 4. The molecule has 0 aromatic heterocycles. The number of unbranched alkanes of at least 4 members (excludes halogenated alkanes) is 3. The molecule has 0 aliphatic rings. The molecule has 0 aromatic carbocycles. The van der Waals surface area contributed by atoms with E-state index in [1.165, 1.54) is 0 Å². The minimum Gasteiger partial charge on any atom is -0.433 e. The van der Waals surface area contributed by atoms with Gasteiger partial charge < -0.3 is 20.1 Å². The molecule has 0 radical (unpaired) electrons. The first-order valence-electron chi connectivity index (χ1n) is 7.79. The summed E-state index contributed by atoms with van der Waals surface area (Å²) in [5, 5.41) is 24.2. The van der Waals surface area contributed by atoms with Gasteiger partial charge in [0.2, 0.25) is 0 Å². The van der Waals surface area contributed by atoms with E-state index in [4.69, 9.17) is 20.1 Å². The van der Waals surface area contributed by atoms with Crippen LogP contribution in [0.2, 0.25) is 19.6 Å². The number of aliphatic hydroxyl groups excluding tert-OH is 3. The van der Waals surface area contributed by atoms with E-state index in [-0.39, 0.29) is 25.8 Å². The molecule has 0 fully saturated rings. The van der Waals surface area contributed by atoms with Crippen LogP contribution in [-0.4, -0.2) is 48.3 Å². The van der Waals surface area contributed by atoms with E-state index in [9.17, 15) is 0 Å². The molecule has 21 heavy (non-hydrogen) atoms. The summed E-state index contributed by atoms with van der Waals surface area (Å²) in [6.07, 6.45) is 6.11. The monoisotopic (exact) mass is 492 g/mol. The maximum absolute atomic E-state index is 8.66. The zero-order valence-corrected chi connectivity index (χ0v) is 19.7. The van der Waals surface area contributed by atoms with Gasteiger partial charge in [0.25, 0.3) is 0 Å². The van der Waals surface area contributed by atoms with E-state index in [2.05, 4.69) is 20.8 Å². The minimum absolute atomic E-state index is 0. The molecule has 0 amide bonds. The second kappa shape index (κ2) is 32.8. The quantitative estimate of drug-likeness (QED) is 0.431. The van der Waals surface area contributed by atoms with Gasteiger partial charge in [-0.05, 0) is 38.9 Å². The molecule has 6 heteroatoms. The topological polar surface area (TPSA) is 80.9 Å². The van der Waals surface area contributed by atoms with E-state index in [1.807, 2.05) is 19.6 Å². The smallest absolute Gasteiger partial charge is 0.179 e. The Morgan fingerprint density at radius 2 is 0.762 bits per heavy atom. The molecule has 0 unspecified atom stereocenters. The summed E-state index contributed by atoms with van der Waals surface area (Å²) in [6.45, 7) is 12.8. The summed E-state index contributed by atoms with van der Waals surface area (Å²) in [6, 6.07) is 0. The van der Waals surface area contributed by atoms with Gasteiger partial charge in [-0.25, -0.2) is 0 Å². The van der Waals surface area contributed by atoms with Gasteiger partial charge in [0.15, 0.2) is 8.32 Å². The van der Waals surface area contributed by atoms with Crippen LogP contribution in [-0.2, 0) is 25.8 Å². The third-order valence-electron chi connectivity index (χ3n) is 1.54. The third-order valence-corrected chi connectivity index (χ3v) is 1.54. The molecule has 4 nitrogen and oxygen atoms in total. The molecule has 0 aromatic rings. The van der Waals surface area contributed by atoms with Crippen molar-refractivity contribution < 1.29 is 46.0 Å². The number of rotatable bonds is 6. The van der Waals surface area contributed by atoms with Gasteiger partial charge in [-0.15, -0.1) is 0 Å². The standard InChI is InChI=1S/3C4H10O.C3H10OSi.Hf/c3*1-2-3-4-5;1-5(2,3)4;/h3*5H,2-4H2,1H3;4H,1-3H3;. The van der Waals surface area contributed by atoms with Crippen molar-refractivity contribution in [3.05, 3.63) is 0 Å². The van der Waals surface area contributed by atoms with Crippen LogP contribution in [0.5, 0.6) is 0 Å². The first-order chi connectivity index (χ1) is 9.24. The SMILES string of the molecule is CCCCO.CCCCO.CCCCO.C[Si](C)(C)O.[Hf]. The summed E-state index contributed by atoms with van der Waals surface area (Å²) in [4.78, 5) is 8.66. The summed E-state index contributed by atoms with van der Waals surface area (Å²) in [7, 11) is -1.61. The first-order valence-corrected chi connectivity index (χ1v) is 11.2. The second-order valence-corrected chi connectivity index (χ2v) is 9.74. The molecular weight excluding hydrogens is 451 g/mol. The zero-order valence-electron chi connectivity index (χ0n) is 15.2. The molecule has 0 bridgehead atoms. The van der Waals surface area contributed by atoms with Gasteiger partial charge in [-0.2, -0.15) is 0 Å². The van der Waals surface area contributed by atoms with E-state index >= 15 is 0 Å². The fourth-order valence-electron chi connectivity index (χ4n) is 0.474. The van der Waals surface area contributed by atoms with Gasteiger partial charge in [0.1, 0.15) is 0 Å². The van der Waals surface area contributed by atoms with Gasteiger partial charge >= 0.3 is 0 Å². The molecular formula is C15H40HfO4Si. The Kier molecular flexibility index (Phi) is 52.3. The maximum Gasteiger partial charge on any atom is 0.179 e. The average molecular weight is 491 g/mol. The van der Waals surface area contributed by atoms with Crippen molar-refractivity contribution in [1.29, 1.82) is 0 Å². The Bertz CT molecular complexity index is 107. The van der Waals surface area contributed by atoms with Gasteiger partial charge in [-0.3, -0.25) is 0 Å². The number of aliphatic hydroxyl groups is 3. The fraction of sp³-hybridized carbons (Fsp3) is 1.00. The fourth-order valence-corrected chi connectivity index (χ4v) is 0.474. The molecule has 4 N–H and O–H groups in total. The van der Waals surface area contributed by atoms with Gasteiger partial charge in [0, 0.05) is 45.7 Å². The van der Waals surface area contributed by atoms with Crippen LogP contribution < -0.4 is 0 Å². The molecule has 0 heterocycles. The van der Waals surface area contributed by atoms with Crippen LogP contribution in [0.1, 0.15) is 59.3 Å². The van der Waals surface area contributed by atoms with Crippen molar-refractivity contribution in [2.24, 2.45) is 0 Å². The molecule has 0 atom stereocenters. The second-order valence-electron chi connectivity index (χ2n) is 5.40. The van der Waals surface area contributed by atoms with Crippen molar-refractivity contribution in [3.8, 4) is 0 Å². The van der Waals surface area contributed by atoms with E-state index in [1.54, 1.807) is 0 Å². The van der Waals surface area contributed by atoms with Crippen molar-refractivity contribution >= 4 is 8.32 Å². The van der Waals surface area contributed by atoms with Crippen molar-refractivity contribution in [1.82, 2.24) is 0 Å². The van der Waals surface area contributed by atoms with Crippen LogP contribution in [0.3, 0.4) is 0 Å². The molecule has 0 spiro atoms. The van der Waals surface area contributed by atoms with E-state index in [0.29, 0.717) is 19.8 Å². The molecule has 0 aliphatic carbocycles. The zero-order chi connectivity index (χ0) is 16.9. The van der Waals surface area contributed by atoms with Crippen molar-refractivity contribution in [2.45, 2.75) is 78.9 Å². The minimum atomic E-state index is -1.61. The molecule has 0 rings (SSSR count). The predicted octanol–water partition coefficient (Wildman–Crippen LogP) is 3.15. The Balaban J connectivity index is -0.0000000533. The normalized spacial score (nSPS) is 8.86. The third kappa shape index (κ3) is 156. The summed E-state index contributed by atoms with van der Waals surface area (Å²) < 4.78 is 0. The Morgan fingerprint density at radius 3 is 0.762 bits per heavy atom.